The summed E-state index contributed by atoms with van der Waals surface area (Å²) in [5.74, 6) is 1.47. The molecular formula is C16H20N2O3S. The summed E-state index contributed by atoms with van der Waals surface area (Å²) in [6.45, 7) is 4.87. The molecule has 1 saturated heterocycles. The zero-order valence-corrected chi connectivity index (χ0v) is 13.3. The van der Waals surface area contributed by atoms with E-state index in [0.717, 1.165) is 29.6 Å². The molecule has 3 rings (SSSR count). The van der Waals surface area contributed by atoms with E-state index in [-0.39, 0.29) is 12.2 Å². The van der Waals surface area contributed by atoms with Crippen molar-refractivity contribution < 1.29 is 14.2 Å². The van der Waals surface area contributed by atoms with E-state index in [1.165, 1.54) is 0 Å². The number of nitrogens with one attached hydrogen (secondary N) is 1. The summed E-state index contributed by atoms with van der Waals surface area (Å²) in [6, 6.07) is 7.71. The van der Waals surface area contributed by atoms with Crippen LogP contribution in [0.5, 0.6) is 11.5 Å². The van der Waals surface area contributed by atoms with Crippen LogP contribution in [0, 0.1) is 0 Å². The molecule has 6 heteroatoms. The van der Waals surface area contributed by atoms with Gasteiger partial charge in [0.15, 0.2) is 17.6 Å². The average molecular weight is 320 g/mol. The molecule has 5 nitrogen and oxygen atoms in total. The molecule has 1 N–H and O–H groups in total. The van der Waals surface area contributed by atoms with Gasteiger partial charge in [-0.15, -0.1) is 11.3 Å². The SMILES string of the molecule is CCOc1ccccc1OC(c1nccs1)C1CNCCO1. The van der Waals surface area contributed by atoms with E-state index in [4.69, 9.17) is 14.2 Å². The number of thiazole rings is 1. The molecular weight excluding hydrogens is 300 g/mol. The Labute approximate surface area is 134 Å². The molecule has 22 heavy (non-hydrogen) atoms. The van der Waals surface area contributed by atoms with Crippen LogP contribution in [0.1, 0.15) is 18.0 Å². The number of rotatable bonds is 6. The minimum Gasteiger partial charge on any atom is -0.490 e. The minimum absolute atomic E-state index is 0.0606. The van der Waals surface area contributed by atoms with Gasteiger partial charge in [0.25, 0.3) is 0 Å². The normalized spacial score (nSPS) is 19.6. The zero-order chi connectivity index (χ0) is 15.2. The summed E-state index contributed by atoms with van der Waals surface area (Å²) in [6.07, 6.45) is 1.49. The molecule has 1 fully saturated rings. The Morgan fingerprint density at radius 2 is 2.27 bits per heavy atom. The molecule has 118 valence electrons. The van der Waals surface area contributed by atoms with Crippen molar-refractivity contribution in [1.29, 1.82) is 0 Å². The Morgan fingerprint density at radius 3 is 2.95 bits per heavy atom. The Morgan fingerprint density at radius 1 is 1.41 bits per heavy atom. The molecule has 1 aromatic heterocycles. The van der Waals surface area contributed by atoms with E-state index in [9.17, 15) is 0 Å². The third-order valence-corrected chi connectivity index (χ3v) is 4.23. The standard InChI is InChI=1S/C16H20N2O3S/c1-2-19-12-5-3-4-6-13(12)21-15(16-18-8-10-22-16)14-11-17-7-9-20-14/h3-6,8,10,14-15,17H,2,7,9,11H2,1H3. The lowest BCUT2D eigenvalue weighted by Crippen LogP contribution is -2.43. The number of ether oxygens (including phenoxy) is 3. The van der Waals surface area contributed by atoms with Gasteiger partial charge in [-0.1, -0.05) is 12.1 Å². The predicted octanol–water partition coefficient (Wildman–Crippen LogP) is 2.65. The highest BCUT2D eigenvalue weighted by Crippen LogP contribution is 2.34. The lowest BCUT2D eigenvalue weighted by Gasteiger charge is -2.30. The third-order valence-electron chi connectivity index (χ3n) is 3.39. The van der Waals surface area contributed by atoms with Gasteiger partial charge in [0.2, 0.25) is 0 Å². The van der Waals surface area contributed by atoms with Gasteiger partial charge in [-0.05, 0) is 19.1 Å². The molecule has 2 atom stereocenters. The van der Waals surface area contributed by atoms with Crippen LogP contribution in [0.3, 0.4) is 0 Å². The molecule has 0 saturated carbocycles. The lowest BCUT2D eigenvalue weighted by atomic mass is 10.2. The topological polar surface area (TPSA) is 52.6 Å². The van der Waals surface area contributed by atoms with Crippen molar-refractivity contribution in [2.45, 2.75) is 19.1 Å². The van der Waals surface area contributed by atoms with Crippen molar-refractivity contribution in [2.75, 3.05) is 26.3 Å². The first-order valence-corrected chi connectivity index (χ1v) is 8.36. The molecule has 1 aliphatic rings. The largest absolute Gasteiger partial charge is 0.490 e. The van der Waals surface area contributed by atoms with Gasteiger partial charge >= 0.3 is 0 Å². The number of nitrogens with zero attached hydrogens (tertiary/aromatic N) is 1. The van der Waals surface area contributed by atoms with Crippen LogP contribution in [-0.2, 0) is 4.74 Å². The third kappa shape index (κ3) is 3.58. The predicted molar refractivity (Wildman–Crippen MR) is 85.7 cm³/mol. The summed E-state index contributed by atoms with van der Waals surface area (Å²) in [5, 5.41) is 6.21. The fraction of sp³-hybridized carbons (Fsp3) is 0.438. The van der Waals surface area contributed by atoms with Crippen molar-refractivity contribution in [3.05, 3.63) is 40.8 Å². The second-order valence-corrected chi connectivity index (χ2v) is 5.83. The first kappa shape index (κ1) is 15.3. The molecule has 0 bridgehead atoms. The van der Waals surface area contributed by atoms with Crippen molar-refractivity contribution >= 4 is 11.3 Å². The van der Waals surface area contributed by atoms with Gasteiger partial charge in [0.05, 0.1) is 13.2 Å². The number of para-hydroxylation sites is 2. The Kier molecular flexibility index (Phi) is 5.26. The number of hydrogen-bond acceptors (Lipinski definition) is 6. The van der Waals surface area contributed by atoms with Crippen LogP contribution in [0.2, 0.25) is 0 Å². The molecule has 0 radical (unpaired) electrons. The minimum atomic E-state index is -0.241. The quantitative estimate of drug-likeness (QED) is 0.887. The van der Waals surface area contributed by atoms with Crippen LogP contribution >= 0.6 is 11.3 Å². The summed E-state index contributed by atoms with van der Waals surface area (Å²) in [4.78, 5) is 4.41. The van der Waals surface area contributed by atoms with Gasteiger partial charge in [0, 0.05) is 24.7 Å². The van der Waals surface area contributed by atoms with E-state index >= 15 is 0 Å². The van der Waals surface area contributed by atoms with Crippen LogP contribution in [-0.4, -0.2) is 37.4 Å². The lowest BCUT2D eigenvalue weighted by molar-refractivity contribution is -0.0439. The summed E-state index contributed by atoms with van der Waals surface area (Å²) >= 11 is 1.58. The van der Waals surface area contributed by atoms with Gasteiger partial charge in [0.1, 0.15) is 11.1 Å². The Hall–Kier alpha value is -1.63. The van der Waals surface area contributed by atoms with Gasteiger partial charge < -0.3 is 19.5 Å². The maximum Gasteiger partial charge on any atom is 0.177 e. The van der Waals surface area contributed by atoms with Gasteiger partial charge in [-0.25, -0.2) is 4.98 Å². The first-order valence-electron chi connectivity index (χ1n) is 7.48. The van der Waals surface area contributed by atoms with E-state index in [1.807, 2.05) is 36.6 Å². The maximum atomic E-state index is 6.24. The highest BCUT2D eigenvalue weighted by molar-refractivity contribution is 7.09. The summed E-state index contributed by atoms with van der Waals surface area (Å²) in [7, 11) is 0. The second kappa shape index (κ2) is 7.58. The molecule has 2 heterocycles. The molecule has 0 spiro atoms. The van der Waals surface area contributed by atoms with Crippen molar-refractivity contribution in [1.82, 2.24) is 10.3 Å². The highest BCUT2D eigenvalue weighted by atomic mass is 32.1. The molecule has 1 aromatic carbocycles. The number of benzene rings is 1. The smallest absolute Gasteiger partial charge is 0.177 e. The van der Waals surface area contributed by atoms with Crippen LogP contribution in [0.15, 0.2) is 35.8 Å². The number of hydrogen-bond donors (Lipinski definition) is 1. The highest BCUT2D eigenvalue weighted by Gasteiger charge is 2.30. The Bertz CT molecular complexity index is 571. The van der Waals surface area contributed by atoms with Gasteiger partial charge in [-0.3, -0.25) is 0 Å². The molecule has 1 aliphatic heterocycles. The average Bonchev–Trinajstić information content (AvgIpc) is 3.09. The fourth-order valence-electron chi connectivity index (χ4n) is 2.40. The zero-order valence-electron chi connectivity index (χ0n) is 12.5. The van der Waals surface area contributed by atoms with Crippen LogP contribution in [0.4, 0.5) is 0 Å². The van der Waals surface area contributed by atoms with Gasteiger partial charge in [-0.2, -0.15) is 0 Å². The van der Waals surface area contributed by atoms with Crippen molar-refractivity contribution in [3.8, 4) is 11.5 Å². The fourth-order valence-corrected chi connectivity index (χ4v) is 3.12. The van der Waals surface area contributed by atoms with E-state index in [0.29, 0.717) is 13.2 Å². The van der Waals surface area contributed by atoms with Crippen molar-refractivity contribution in [2.24, 2.45) is 0 Å². The maximum absolute atomic E-state index is 6.24. The summed E-state index contributed by atoms with van der Waals surface area (Å²) < 4.78 is 17.8. The monoisotopic (exact) mass is 320 g/mol. The first-order chi connectivity index (χ1) is 10.9. The van der Waals surface area contributed by atoms with E-state index in [2.05, 4.69) is 10.3 Å². The number of aromatic nitrogens is 1. The summed E-state index contributed by atoms with van der Waals surface area (Å²) in [5.41, 5.74) is 0. The second-order valence-electron chi connectivity index (χ2n) is 4.90. The van der Waals surface area contributed by atoms with Crippen molar-refractivity contribution in [3.63, 3.8) is 0 Å². The number of morpholine rings is 1. The van der Waals surface area contributed by atoms with E-state index in [1.54, 1.807) is 17.5 Å². The molecule has 0 amide bonds. The molecule has 2 unspecified atom stereocenters. The van der Waals surface area contributed by atoms with Crippen LogP contribution in [0.25, 0.3) is 0 Å². The van der Waals surface area contributed by atoms with E-state index < -0.39 is 0 Å². The molecule has 2 aromatic rings. The molecule has 0 aliphatic carbocycles. The van der Waals surface area contributed by atoms with Crippen LogP contribution < -0.4 is 14.8 Å². The Balaban J connectivity index is 1.83.